The number of nitriles is 1. The van der Waals surface area contributed by atoms with Crippen LogP contribution in [0, 0.1) is 11.3 Å². The summed E-state index contributed by atoms with van der Waals surface area (Å²) in [6, 6.07) is 7.48. The fourth-order valence-electron chi connectivity index (χ4n) is 1.36. The Kier molecular flexibility index (Phi) is 4.62. The first-order valence-corrected chi connectivity index (χ1v) is 5.27. The van der Waals surface area contributed by atoms with Crippen LogP contribution in [0.25, 0.3) is 0 Å². The Hall–Kier alpha value is -1.73. The minimum atomic E-state index is 0.516. The van der Waals surface area contributed by atoms with Crippen molar-refractivity contribution in [3.05, 3.63) is 23.8 Å². The van der Waals surface area contributed by atoms with E-state index in [1.54, 1.807) is 6.07 Å². The third kappa shape index (κ3) is 3.14. The topological polar surface area (TPSA) is 62.3 Å². The van der Waals surface area contributed by atoms with Gasteiger partial charge in [-0.25, -0.2) is 0 Å². The fourth-order valence-corrected chi connectivity index (χ4v) is 1.36. The van der Waals surface area contributed by atoms with Crippen molar-refractivity contribution in [3.8, 4) is 6.07 Å². The van der Waals surface area contributed by atoms with Gasteiger partial charge in [-0.2, -0.15) is 5.26 Å². The summed E-state index contributed by atoms with van der Waals surface area (Å²) >= 11 is 0. The molecular formula is C12H17N3O. The summed E-state index contributed by atoms with van der Waals surface area (Å²) in [5.74, 6) is 0. The molecule has 4 heteroatoms. The van der Waals surface area contributed by atoms with Gasteiger partial charge in [-0.05, 0) is 25.1 Å². The van der Waals surface area contributed by atoms with Gasteiger partial charge < -0.3 is 15.4 Å². The van der Waals surface area contributed by atoms with Gasteiger partial charge in [-0.15, -0.1) is 0 Å². The molecule has 1 aromatic carbocycles. The van der Waals surface area contributed by atoms with Crippen LogP contribution in [-0.2, 0) is 4.74 Å². The van der Waals surface area contributed by atoms with Gasteiger partial charge >= 0.3 is 0 Å². The van der Waals surface area contributed by atoms with Gasteiger partial charge in [0.25, 0.3) is 0 Å². The second-order valence-corrected chi connectivity index (χ2v) is 3.50. The Labute approximate surface area is 96.2 Å². The second-order valence-electron chi connectivity index (χ2n) is 3.50. The molecule has 1 rings (SSSR count). The maximum Gasteiger partial charge on any atom is 0.101 e. The highest BCUT2D eigenvalue weighted by molar-refractivity contribution is 5.63. The second kappa shape index (κ2) is 5.99. The van der Waals surface area contributed by atoms with Crippen LogP contribution in [0.5, 0.6) is 0 Å². The lowest BCUT2D eigenvalue weighted by Gasteiger charge is -2.19. The van der Waals surface area contributed by atoms with E-state index in [1.807, 2.05) is 37.1 Å². The van der Waals surface area contributed by atoms with Crippen LogP contribution < -0.4 is 10.6 Å². The molecule has 86 valence electrons. The molecule has 1 aromatic rings. The molecule has 0 aliphatic heterocycles. The summed E-state index contributed by atoms with van der Waals surface area (Å²) in [6.07, 6.45) is 0. The molecule has 4 nitrogen and oxygen atoms in total. The van der Waals surface area contributed by atoms with Crippen molar-refractivity contribution in [2.24, 2.45) is 0 Å². The van der Waals surface area contributed by atoms with E-state index in [4.69, 9.17) is 15.7 Å². The fraction of sp³-hybridized carbons (Fsp3) is 0.417. The van der Waals surface area contributed by atoms with Gasteiger partial charge in [0.15, 0.2) is 0 Å². The summed E-state index contributed by atoms with van der Waals surface area (Å²) < 4.78 is 5.28. The third-order valence-corrected chi connectivity index (χ3v) is 2.37. The van der Waals surface area contributed by atoms with E-state index in [-0.39, 0.29) is 0 Å². The van der Waals surface area contributed by atoms with E-state index < -0.39 is 0 Å². The SMILES string of the molecule is CCOCCN(C)c1ccc(C#N)c(N)c1. The van der Waals surface area contributed by atoms with E-state index in [2.05, 4.69) is 0 Å². The molecule has 16 heavy (non-hydrogen) atoms. The number of anilines is 2. The molecule has 0 aromatic heterocycles. The van der Waals surface area contributed by atoms with E-state index in [0.29, 0.717) is 17.9 Å². The smallest absolute Gasteiger partial charge is 0.101 e. The van der Waals surface area contributed by atoms with Crippen molar-refractivity contribution in [1.82, 2.24) is 0 Å². The third-order valence-electron chi connectivity index (χ3n) is 2.37. The molecule has 0 aliphatic rings. The Morgan fingerprint density at radius 1 is 1.50 bits per heavy atom. The molecular weight excluding hydrogens is 202 g/mol. The van der Waals surface area contributed by atoms with Crippen molar-refractivity contribution >= 4 is 11.4 Å². The summed E-state index contributed by atoms with van der Waals surface area (Å²) in [7, 11) is 1.97. The van der Waals surface area contributed by atoms with Crippen molar-refractivity contribution in [3.63, 3.8) is 0 Å². The molecule has 0 bridgehead atoms. The predicted octanol–water partition coefficient (Wildman–Crippen LogP) is 1.61. The molecule has 0 amide bonds. The van der Waals surface area contributed by atoms with Gasteiger partial charge in [0.1, 0.15) is 6.07 Å². The molecule has 0 fully saturated rings. The number of rotatable bonds is 5. The van der Waals surface area contributed by atoms with Gasteiger partial charge in [-0.1, -0.05) is 0 Å². The largest absolute Gasteiger partial charge is 0.398 e. The highest BCUT2D eigenvalue weighted by Gasteiger charge is 2.04. The average molecular weight is 219 g/mol. The minimum Gasteiger partial charge on any atom is -0.398 e. The number of nitrogens with two attached hydrogens (primary N) is 1. The van der Waals surface area contributed by atoms with Crippen LogP contribution in [0.2, 0.25) is 0 Å². The highest BCUT2D eigenvalue weighted by atomic mass is 16.5. The molecule has 0 heterocycles. The van der Waals surface area contributed by atoms with Gasteiger partial charge in [-0.3, -0.25) is 0 Å². The normalized spacial score (nSPS) is 9.81. The monoisotopic (exact) mass is 219 g/mol. The Balaban J connectivity index is 2.66. The zero-order chi connectivity index (χ0) is 12.0. The lowest BCUT2D eigenvalue weighted by atomic mass is 10.1. The zero-order valence-corrected chi connectivity index (χ0v) is 9.73. The van der Waals surface area contributed by atoms with Crippen LogP contribution in [-0.4, -0.2) is 26.8 Å². The Bertz CT molecular complexity index is 384. The summed E-state index contributed by atoms with van der Waals surface area (Å²) in [4.78, 5) is 2.05. The van der Waals surface area contributed by atoms with E-state index in [1.165, 1.54) is 0 Å². The molecule has 0 saturated heterocycles. The average Bonchev–Trinajstić information content (AvgIpc) is 2.29. The standard InChI is InChI=1S/C12H17N3O/c1-3-16-7-6-15(2)11-5-4-10(9-13)12(14)8-11/h4-5,8H,3,6-7,14H2,1-2H3. The molecule has 0 spiro atoms. The first kappa shape index (κ1) is 12.3. The predicted molar refractivity (Wildman–Crippen MR) is 65.3 cm³/mol. The van der Waals surface area contributed by atoms with Crippen LogP contribution in [0.15, 0.2) is 18.2 Å². The number of benzene rings is 1. The number of likely N-dealkylation sites (N-methyl/N-ethyl adjacent to an activating group) is 1. The summed E-state index contributed by atoms with van der Waals surface area (Å²) in [5, 5.41) is 8.76. The van der Waals surface area contributed by atoms with Crippen LogP contribution in [0.3, 0.4) is 0 Å². The van der Waals surface area contributed by atoms with Crippen molar-refractivity contribution in [2.75, 3.05) is 37.4 Å². The number of ether oxygens (including phenoxy) is 1. The van der Waals surface area contributed by atoms with Gasteiger partial charge in [0.2, 0.25) is 0 Å². The van der Waals surface area contributed by atoms with E-state index in [0.717, 1.165) is 18.8 Å². The first-order valence-electron chi connectivity index (χ1n) is 5.27. The van der Waals surface area contributed by atoms with Crippen LogP contribution in [0.4, 0.5) is 11.4 Å². The summed E-state index contributed by atoms with van der Waals surface area (Å²) in [6.45, 7) is 4.19. The van der Waals surface area contributed by atoms with Crippen molar-refractivity contribution < 1.29 is 4.74 Å². The number of hydrogen-bond donors (Lipinski definition) is 1. The molecule has 0 saturated carbocycles. The van der Waals surface area contributed by atoms with Crippen molar-refractivity contribution in [1.29, 1.82) is 5.26 Å². The van der Waals surface area contributed by atoms with E-state index >= 15 is 0 Å². The Morgan fingerprint density at radius 3 is 2.81 bits per heavy atom. The molecule has 0 radical (unpaired) electrons. The Morgan fingerprint density at radius 2 is 2.25 bits per heavy atom. The van der Waals surface area contributed by atoms with Crippen LogP contribution >= 0.6 is 0 Å². The van der Waals surface area contributed by atoms with Gasteiger partial charge in [0.05, 0.1) is 17.9 Å². The lowest BCUT2D eigenvalue weighted by Crippen LogP contribution is -2.22. The lowest BCUT2D eigenvalue weighted by molar-refractivity contribution is 0.154. The van der Waals surface area contributed by atoms with E-state index in [9.17, 15) is 0 Å². The number of nitrogen functional groups attached to an aromatic ring is 1. The first-order chi connectivity index (χ1) is 7.69. The highest BCUT2D eigenvalue weighted by Crippen LogP contribution is 2.19. The maximum atomic E-state index is 8.76. The quantitative estimate of drug-likeness (QED) is 0.603. The molecule has 2 N–H and O–H groups in total. The molecule has 0 aliphatic carbocycles. The van der Waals surface area contributed by atoms with Crippen molar-refractivity contribution in [2.45, 2.75) is 6.92 Å². The summed E-state index contributed by atoms with van der Waals surface area (Å²) in [5.41, 5.74) is 7.77. The molecule has 0 atom stereocenters. The number of hydrogen-bond acceptors (Lipinski definition) is 4. The maximum absolute atomic E-state index is 8.76. The van der Waals surface area contributed by atoms with Gasteiger partial charge in [0, 0.05) is 25.9 Å². The molecule has 0 unspecified atom stereocenters. The zero-order valence-electron chi connectivity index (χ0n) is 9.73. The van der Waals surface area contributed by atoms with Crippen LogP contribution in [0.1, 0.15) is 12.5 Å². The number of nitrogens with zero attached hydrogens (tertiary/aromatic N) is 2. The minimum absolute atomic E-state index is 0.516.